The predicted octanol–water partition coefficient (Wildman–Crippen LogP) is 2.99. The summed E-state index contributed by atoms with van der Waals surface area (Å²) in [6.45, 7) is 3.14. The molecule has 0 unspecified atom stereocenters. The van der Waals surface area contributed by atoms with Crippen molar-refractivity contribution in [3.05, 3.63) is 48.0 Å². The van der Waals surface area contributed by atoms with Crippen molar-refractivity contribution in [2.24, 2.45) is 0 Å². The van der Waals surface area contributed by atoms with E-state index in [4.69, 9.17) is 9.47 Å². The highest BCUT2D eigenvalue weighted by molar-refractivity contribution is 7.13. The summed E-state index contributed by atoms with van der Waals surface area (Å²) < 4.78 is 16.5. The number of anilines is 1. The lowest BCUT2D eigenvalue weighted by Gasteiger charge is -2.35. The van der Waals surface area contributed by atoms with Crippen LogP contribution < -0.4 is 14.4 Å². The lowest BCUT2D eigenvalue weighted by Crippen LogP contribution is -2.49. The van der Waals surface area contributed by atoms with Crippen LogP contribution in [0.1, 0.15) is 10.4 Å². The van der Waals surface area contributed by atoms with Crippen LogP contribution in [-0.4, -0.2) is 48.2 Å². The molecule has 2 aromatic carbocycles. The van der Waals surface area contributed by atoms with Gasteiger partial charge in [-0.1, -0.05) is 12.1 Å². The van der Waals surface area contributed by atoms with Gasteiger partial charge in [-0.3, -0.25) is 4.79 Å². The minimum absolute atomic E-state index is 0.0334. The highest BCUT2D eigenvalue weighted by Crippen LogP contribution is 2.33. The number of hydrogen-bond donors (Lipinski definition) is 0. The number of rotatable bonds is 2. The first kappa shape index (κ1) is 15.5. The standard InChI is InChI=1S/C19H17N3O3S/c23-19(13-5-6-15-16(11-13)25-12-24-15)22-9-7-21(8-10-22)18-14-3-1-2-4-17(14)26-20-18/h1-6,11H,7-10,12H2. The van der Waals surface area contributed by atoms with Gasteiger partial charge in [-0.05, 0) is 41.9 Å². The molecule has 0 N–H and O–H groups in total. The van der Waals surface area contributed by atoms with E-state index < -0.39 is 0 Å². The van der Waals surface area contributed by atoms with Crippen LogP contribution in [0.5, 0.6) is 11.5 Å². The second-order valence-electron chi connectivity index (χ2n) is 6.35. The minimum atomic E-state index is 0.0334. The molecule has 0 saturated carbocycles. The van der Waals surface area contributed by atoms with Crippen molar-refractivity contribution in [1.82, 2.24) is 9.27 Å². The Kier molecular flexibility index (Phi) is 3.67. The molecule has 3 heterocycles. The summed E-state index contributed by atoms with van der Waals surface area (Å²) in [5.74, 6) is 2.40. The predicted molar refractivity (Wildman–Crippen MR) is 100 cm³/mol. The average Bonchev–Trinajstić information content (AvgIpc) is 3.34. The molecule has 2 aliphatic rings. The third kappa shape index (κ3) is 2.55. The first-order valence-electron chi connectivity index (χ1n) is 8.58. The Labute approximate surface area is 154 Å². The molecule has 5 rings (SSSR count). The molecule has 26 heavy (non-hydrogen) atoms. The van der Waals surface area contributed by atoms with Gasteiger partial charge in [0.1, 0.15) is 5.82 Å². The van der Waals surface area contributed by atoms with Crippen molar-refractivity contribution in [1.29, 1.82) is 0 Å². The number of ether oxygens (including phenoxy) is 2. The summed E-state index contributed by atoms with van der Waals surface area (Å²) in [5, 5.41) is 1.19. The Morgan fingerprint density at radius 1 is 1.00 bits per heavy atom. The third-order valence-corrected chi connectivity index (χ3v) is 5.66. The molecule has 7 heteroatoms. The Morgan fingerprint density at radius 2 is 1.81 bits per heavy atom. The maximum absolute atomic E-state index is 12.8. The van der Waals surface area contributed by atoms with Gasteiger partial charge in [0.15, 0.2) is 11.5 Å². The zero-order valence-electron chi connectivity index (χ0n) is 14.1. The molecule has 2 aliphatic heterocycles. The van der Waals surface area contributed by atoms with Crippen molar-refractivity contribution in [2.45, 2.75) is 0 Å². The summed E-state index contributed by atoms with van der Waals surface area (Å²) in [6, 6.07) is 13.6. The normalized spacial score (nSPS) is 16.3. The molecule has 1 amide bonds. The molecule has 1 saturated heterocycles. The van der Waals surface area contributed by atoms with Gasteiger partial charge < -0.3 is 19.3 Å². The van der Waals surface area contributed by atoms with E-state index in [1.54, 1.807) is 18.2 Å². The fourth-order valence-electron chi connectivity index (χ4n) is 3.43. The number of nitrogens with zero attached hydrogens (tertiary/aromatic N) is 3. The monoisotopic (exact) mass is 367 g/mol. The summed E-state index contributed by atoms with van der Waals surface area (Å²) in [6.07, 6.45) is 0. The Bertz CT molecular complexity index is 979. The number of amides is 1. The van der Waals surface area contributed by atoms with Crippen LogP contribution in [0.15, 0.2) is 42.5 Å². The molecule has 1 aromatic heterocycles. The summed E-state index contributed by atoms with van der Waals surface area (Å²) in [4.78, 5) is 17.0. The number of piperazine rings is 1. The van der Waals surface area contributed by atoms with Gasteiger partial charge in [-0.25, -0.2) is 0 Å². The van der Waals surface area contributed by atoms with Gasteiger partial charge in [-0.2, -0.15) is 4.37 Å². The zero-order valence-corrected chi connectivity index (χ0v) is 14.9. The molecule has 0 atom stereocenters. The molecule has 6 nitrogen and oxygen atoms in total. The number of fused-ring (bicyclic) bond motifs is 2. The van der Waals surface area contributed by atoms with Crippen molar-refractivity contribution in [3.63, 3.8) is 0 Å². The third-order valence-electron chi connectivity index (χ3n) is 4.84. The van der Waals surface area contributed by atoms with Crippen LogP contribution in [0.3, 0.4) is 0 Å². The van der Waals surface area contributed by atoms with Gasteiger partial charge in [0.2, 0.25) is 6.79 Å². The van der Waals surface area contributed by atoms with E-state index in [2.05, 4.69) is 21.4 Å². The Hall–Kier alpha value is -2.80. The number of carbonyl (C=O) groups is 1. The smallest absolute Gasteiger partial charge is 0.254 e. The summed E-state index contributed by atoms with van der Waals surface area (Å²) >= 11 is 1.52. The quantitative estimate of drug-likeness (QED) is 0.697. The topological polar surface area (TPSA) is 54.9 Å². The van der Waals surface area contributed by atoms with Crippen molar-refractivity contribution >= 4 is 33.3 Å². The molecular formula is C19H17N3O3S. The van der Waals surface area contributed by atoms with Gasteiger partial charge in [0, 0.05) is 37.1 Å². The molecule has 3 aromatic rings. The van der Waals surface area contributed by atoms with Crippen molar-refractivity contribution < 1.29 is 14.3 Å². The average molecular weight is 367 g/mol. The van der Waals surface area contributed by atoms with Gasteiger partial charge in [0.25, 0.3) is 5.91 Å². The van der Waals surface area contributed by atoms with Gasteiger partial charge in [0.05, 0.1) is 4.70 Å². The summed E-state index contributed by atoms with van der Waals surface area (Å²) in [5.41, 5.74) is 0.641. The van der Waals surface area contributed by atoms with E-state index in [9.17, 15) is 4.79 Å². The van der Waals surface area contributed by atoms with Crippen LogP contribution >= 0.6 is 11.5 Å². The zero-order chi connectivity index (χ0) is 17.5. The van der Waals surface area contributed by atoms with Crippen LogP contribution in [0.25, 0.3) is 10.1 Å². The maximum atomic E-state index is 12.8. The lowest BCUT2D eigenvalue weighted by molar-refractivity contribution is 0.0746. The Balaban J connectivity index is 1.30. The van der Waals surface area contributed by atoms with Crippen LogP contribution in [-0.2, 0) is 0 Å². The highest BCUT2D eigenvalue weighted by atomic mass is 32.1. The fraction of sp³-hybridized carbons (Fsp3) is 0.263. The molecule has 0 bridgehead atoms. The SMILES string of the molecule is O=C(c1ccc2c(c1)OCO2)N1CCN(c2nsc3ccccc23)CC1. The van der Waals surface area contributed by atoms with Gasteiger partial charge in [-0.15, -0.1) is 0 Å². The first-order valence-corrected chi connectivity index (χ1v) is 9.35. The van der Waals surface area contributed by atoms with Gasteiger partial charge >= 0.3 is 0 Å². The first-order chi connectivity index (χ1) is 12.8. The molecule has 0 aliphatic carbocycles. The molecular weight excluding hydrogens is 350 g/mol. The van der Waals surface area contributed by atoms with E-state index >= 15 is 0 Å². The van der Waals surface area contributed by atoms with Crippen molar-refractivity contribution in [3.8, 4) is 11.5 Å². The number of benzene rings is 2. The van der Waals surface area contributed by atoms with Crippen LogP contribution in [0, 0.1) is 0 Å². The molecule has 132 valence electrons. The van der Waals surface area contributed by atoms with E-state index in [1.807, 2.05) is 17.0 Å². The van der Waals surface area contributed by atoms with E-state index in [0.29, 0.717) is 30.2 Å². The second kappa shape index (κ2) is 6.17. The highest BCUT2D eigenvalue weighted by Gasteiger charge is 2.25. The minimum Gasteiger partial charge on any atom is -0.454 e. The van der Waals surface area contributed by atoms with Crippen LogP contribution in [0.4, 0.5) is 5.82 Å². The van der Waals surface area contributed by atoms with E-state index in [0.717, 1.165) is 18.9 Å². The number of carbonyl (C=O) groups excluding carboxylic acids is 1. The molecule has 1 fully saturated rings. The van der Waals surface area contributed by atoms with Crippen LogP contribution in [0.2, 0.25) is 0 Å². The largest absolute Gasteiger partial charge is 0.454 e. The Morgan fingerprint density at radius 3 is 2.69 bits per heavy atom. The van der Waals surface area contributed by atoms with E-state index in [-0.39, 0.29) is 12.7 Å². The second-order valence-corrected chi connectivity index (χ2v) is 7.15. The number of hydrogen-bond acceptors (Lipinski definition) is 6. The number of aromatic nitrogens is 1. The summed E-state index contributed by atoms with van der Waals surface area (Å²) in [7, 11) is 0. The maximum Gasteiger partial charge on any atom is 0.254 e. The molecule has 0 radical (unpaired) electrons. The fourth-order valence-corrected chi connectivity index (χ4v) is 4.23. The van der Waals surface area contributed by atoms with Crippen molar-refractivity contribution in [2.75, 3.05) is 37.9 Å². The lowest BCUT2D eigenvalue weighted by atomic mass is 10.1. The van der Waals surface area contributed by atoms with E-state index in [1.165, 1.54) is 21.6 Å². The molecule has 0 spiro atoms.